The maximum Gasteiger partial charge on any atom is 0.252 e. The quantitative estimate of drug-likeness (QED) is 0.763. The number of nitrogens with one attached hydrogen (secondary N) is 1. The van der Waals surface area contributed by atoms with E-state index in [0.717, 1.165) is 6.42 Å². The van der Waals surface area contributed by atoms with E-state index in [4.69, 9.17) is 5.73 Å². The number of amides is 1. The van der Waals surface area contributed by atoms with Crippen LogP contribution < -0.4 is 11.1 Å². The Morgan fingerprint density at radius 2 is 2.11 bits per heavy atom. The van der Waals surface area contributed by atoms with Crippen LogP contribution in [0.15, 0.2) is 18.2 Å². The number of carbonyl (C=O) groups excluding carboxylic acids is 1. The van der Waals surface area contributed by atoms with E-state index in [2.05, 4.69) is 19.2 Å². The number of carbonyl (C=O) groups is 1. The minimum absolute atomic E-state index is 0.131. The molecule has 106 valence electrons. The molecule has 0 saturated carbocycles. The summed E-state index contributed by atoms with van der Waals surface area (Å²) in [5.74, 6) is 0.382. The first-order chi connectivity index (χ1) is 8.79. The lowest BCUT2D eigenvalue weighted by atomic mass is 9.90. The van der Waals surface area contributed by atoms with Crippen LogP contribution in [0.4, 0.5) is 0 Å². The van der Waals surface area contributed by atoms with E-state index < -0.39 is 5.54 Å². The fourth-order valence-electron chi connectivity index (χ4n) is 2.30. The van der Waals surface area contributed by atoms with Gasteiger partial charge >= 0.3 is 0 Å². The lowest BCUT2D eigenvalue weighted by Crippen LogP contribution is -2.52. The minimum Gasteiger partial charge on any atom is -0.508 e. The van der Waals surface area contributed by atoms with E-state index in [1.54, 1.807) is 25.1 Å². The van der Waals surface area contributed by atoms with Gasteiger partial charge in [0.15, 0.2) is 0 Å². The van der Waals surface area contributed by atoms with Crippen molar-refractivity contribution in [3.05, 3.63) is 29.3 Å². The molecule has 0 saturated heterocycles. The van der Waals surface area contributed by atoms with Crippen LogP contribution in [0, 0.1) is 12.8 Å². The molecule has 1 aromatic carbocycles. The molecular weight excluding hydrogens is 240 g/mol. The standard InChI is InChI=1S/C15H24N2O2/c1-10(2)8-15(4,9-16)17-14(19)12-6-5-7-13(18)11(12)3/h5-7,10,18H,8-9,16H2,1-4H3,(H,17,19). The van der Waals surface area contributed by atoms with Crippen LogP contribution in [0.5, 0.6) is 5.75 Å². The molecule has 0 bridgehead atoms. The first kappa shape index (κ1) is 15.5. The van der Waals surface area contributed by atoms with Crippen molar-refractivity contribution in [3.8, 4) is 5.75 Å². The number of rotatable bonds is 5. The number of nitrogens with two attached hydrogens (primary N) is 1. The Hall–Kier alpha value is -1.55. The van der Waals surface area contributed by atoms with Crippen molar-refractivity contribution in [1.29, 1.82) is 0 Å². The van der Waals surface area contributed by atoms with Gasteiger partial charge in [0.1, 0.15) is 5.75 Å². The zero-order valence-corrected chi connectivity index (χ0v) is 12.2. The molecule has 4 nitrogen and oxygen atoms in total. The molecular formula is C15H24N2O2. The third kappa shape index (κ3) is 3.96. The van der Waals surface area contributed by atoms with Crippen molar-refractivity contribution in [2.24, 2.45) is 11.7 Å². The molecule has 1 unspecified atom stereocenters. The average molecular weight is 264 g/mol. The number of aromatic hydroxyl groups is 1. The minimum atomic E-state index is -0.427. The van der Waals surface area contributed by atoms with Crippen molar-refractivity contribution >= 4 is 5.91 Å². The zero-order valence-electron chi connectivity index (χ0n) is 12.2. The Balaban J connectivity index is 2.92. The van der Waals surface area contributed by atoms with Gasteiger partial charge in [0.05, 0.1) is 0 Å². The number of phenolic OH excluding ortho intramolecular Hbond substituents is 1. The molecule has 0 heterocycles. The van der Waals surface area contributed by atoms with E-state index in [1.165, 1.54) is 0 Å². The van der Waals surface area contributed by atoms with Gasteiger partial charge in [-0.2, -0.15) is 0 Å². The van der Waals surface area contributed by atoms with Gasteiger partial charge in [-0.3, -0.25) is 4.79 Å². The third-order valence-electron chi connectivity index (χ3n) is 3.27. The van der Waals surface area contributed by atoms with E-state index in [0.29, 0.717) is 23.6 Å². The molecule has 1 amide bonds. The Kier molecular flexibility index (Phi) is 4.95. The topological polar surface area (TPSA) is 75.3 Å². The highest BCUT2D eigenvalue weighted by Crippen LogP contribution is 2.21. The lowest BCUT2D eigenvalue weighted by Gasteiger charge is -2.31. The zero-order chi connectivity index (χ0) is 14.6. The van der Waals surface area contributed by atoms with Crippen molar-refractivity contribution in [2.45, 2.75) is 39.7 Å². The van der Waals surface area contributed by atoms with Gasteiger partial charge in [-0.25, -0.2) is 0 Å². The SMILES string of the molecule is Cc1c(O)cccc1C(=O)NC(C)(CN)CC(C)C. The summed E-state index contributed by atoms with van der Waals surface area (Å²) >= 11 is 0. The second kappa shape index (κ2) is 6.06. The van der Waals surface area contributed by atoms with Crippen molar-refractivity contribution in [1.82, 2.24) is 5.32 Å². The summed E-state index contributed by atoms with van der Waals surface area (Å²) in [6.45, 7) is 8.25. The second-order valence-corrected chi connectivity index (χ2v) is 5.77. The number of phenols is 1. The molecule has 0 aliphatic heterocycles. The molecule has 19 heavy (non-hydrogen) atoms. The Morgan fingerprint density at radius 1 is 1.47 bits per heavy atom. The highest BCUT2D eigenvalue weighted by molar-refractivity contribution is 5.96. The number of benzene rings is 1. The smallest absolute Gasteiger partial charge is 0.252 e. The summed E-state index contributed by atoms with van der Waals surface area (Å²) in [6.07, 6.45) is 0.813. The fraction of sp³-hybridized carbons (Fsp3) is 0.533. The summed E-state index contributed by atoms with van der Waals surface area (Å²) in [5.41, 5.74) is 6.43. The van der Waals surface area contributed by atoms with Crippen LogP contribution in [-0.2, 0) is 0 Å². The molecule has 0 aromatic heterocycles. The van der Waals surface area contributed by atoms with Crippen LogP contribution in [0.3, 0.4) is 0 Å². The molecule has 0 radical (unpaired) electrons. The van der Waals surface area contributed by atoms with Crippen LogP contribution >= 0.6 is 0 Å². The second-order valence-electron chi connectivity index (χ2n) is 5.77. The summed E-state index contributed by atoms with van der Waals surface area (Å²) in [5, 5.41) is 12.6. The highest BCUT2D eigenvalue weighted by atomic mass is 16.3. The maximum atomic E-state index is 12.3. The monoisotopic (exact) mass is 264 g/mol. The van der Waals surface area contributed by atoms with Crippen LogP contribution in [0.2, 0.25) is 0 Å². The molecule has 1 atom stereocenters. The first-order valence-electron chi connectivity index (χ1n) is 6.60. The van der Waals surface area contributed by atoms with Gasteiger partial charge in [-0.05, 0) is 38.3 Å². The molecule has 0 fully saturated rings. The fourth-order valence-corrected chi connectivity index (χ4v) is 2.30. The van der Waals surface area contributed by atoms with E-state index in [-0.39, 0.29) is 11.7 Å². The van der Waals surface area contributed by atoms with Crippen molar-refractivity contribution < 1.29 is 9.90 Å². The van der Waals surface area contributed by atoms with Gasteiger partial charge in [-0.15, -0.1) is 0 Å². The van der Waals surface area contributed by atoms with Gasteiger partial charge in [0.2, 0.25) is 0 Å². The Bertz CT molecular complexity index is 457. The van der Waals surface area contributed by atoms with Gasteiger partial charge in [-0.1, -0.05) is 19.9 Å². The largest absolute Gasteiger partial charge is 0.508 e. The van der Waals surface area contributed by atoms with Crippen molar-refractivity contribution in [3.63, 3.8) is 0 Å². The van der Waals surface area contributed by atoms with E-state index in [1.807, 2.05) is 6.92 Å². The summed E-state index contributed by atoms with van der Waals surface area (Å²) in [4.78, 5) is 12.3. The normalized spacial score (nSPS) is 14.2. The van der Waals surface area contributed by atoms with Crippen LogP contribution in [0.1, 0.15) is 43.1 Å². The van der Waals surface area contributed by atoms with E-state index >= 15 is 0 Å². The molecule has 4 heteroatoms. The summed E-state index contributed by atoms with van der Waals surface area (Å²) in [7, 11) is 0. The number of hydrogen-bond acceptors (Lipinski definition) is 3. The van der Waals surface area contributed by atoms with Crippen LogP contribution in [0.25, 0.3) is 0 Å². The van der Waals surface area contributed by atoms with Crippen molar-refractivity contribution in [2.75, 3.05) is 6.54 Å². The first-order valence-corrected chi connectivity index (χ1v) is 6.60. The predicted octanol–water partition coefficient (Wildman–Crippen LogP) is 2.19. The summed E-state index contributed by atoms with van der Waals surface area (Å²) < 4.78 is 0. The Morgan fingerprint density at radius 3 is 2.63 bits per heavy atom. The maximum absolute atomic E-state index is 12.3. The third-order valence-corrected chi connectivity index (χ3v) is 3.27. The Labute approximate surface area is 115 Å². The van der Waals surface area contributed by atoms with Gasteiger partial charge in [0, 0.05) is 23.2 Å². The molecule has 0 spiro atoms. The lowest BCUT2D eigenvalue weighted by molar-refractivity contribution is 0.0897. The molecule has 1 aromatic rings. The highest BCUT2D eigenvalue weighted by Gasteiger charge is 2.27. The van der Waals surface area contributed by atoms with E-state index in [9.17, 15) is 9.90 Å². The molecule has 0 aliphatic carbocycles. The van der Waals surface area contributed by atoms with Crippen LogP contribution in [-0.4, -0.2) is 23.1 Å². The predicted molar refractivity (Wildman–Crippen MR) is 77.2 cm³/mol. The molecule has 1 rings (SSSR count). The number of hydrogen-bond donors (Lipinski definition) is 3. The summed E-state index contributed by atoms with van der Waals surface area (Å²) in [6, 6.07) is 4.94. The van der Waals surface area contributed by atoms with Gasteiger partial charge in [0.25, 0.3) is 5.91 Å². The average Bonchev–Trinajstić information content (AvgIpc) is 2.31. The molecule has 4 N–H and O–H groups in total. The molecule has 0 aliphatic rings. The van der Waals surface area contributed by atoms with Gasteiger partial charge < -0.3 is 16.2 Å².